The maximum absolute atomic E-state index is 11.7. The van der Waals surface area contributed by atoms with Crippen LogP contribution in [0.3, 0.4) is 0 Å². The molecule has 0 saturated carbocycles. The number of hydrogen-bond acceptors (Lipinski definition) is 1. The monoisotopic (exact) mass is 292 g/mol. The molecule has 1 heteroatoms. The fourth-order valence-corrected chi connectivity index (χ4v) is 3.49. The molecule has 0 aromatic heterocycles. The van der Waals surface area contributed by atoms with Gasteiger partial charge < -0.3 is 0 Å². The van der Waals surface area contributed by atoms with Gasteiger partial charge in [0.1, 0.15) is 0 Å². The molecule has 0 bridgehead atoms. The van der Waals surface area contributed by atoms with E-state index in [1.54, 1.807) is 12.2 Å². The molecule has 0 radical (unpaired) electrons. The summed E-state index contributed by atoms with van der Waals surface area (Å²) in [6.07, 6.45) is 7.62. The maximum atomic E-state index is 11.7. The largest absolute Gasteiger partial charge is 0.290 e. The number of benzene rings is 1. The van der Waals surface area contributed by atoms with E-state index in [0.717, 1.165) is 11.1 Å². The van der Waals surface area contributed by atoms with Gasteiger partial charge in [0.2, 0.25) is 0 Å². The second-order valence-corrected chi connectivity index (χ2v) is 8.34. The molecule has 3 rings (SSSR count). The highest BCUT2D eigenvalue weighted by atomic mass is 16.1. The lowest BCUT2D eigenvalue weighted by molar-refractivity contribution is -0.110. The van der Waals surface area contributed by atoms with Gasteiger partial charge in [-0.15, -0.1) is 0 Å². The third kappa shape index (κ3) is 2.29. The summed E-state index contributed by atoms with van der Waals surface area (Å²) >= 11 is 0. The molecular formula is C21H24O. The maximum Gasteiger partial charge on any atom is 0.179 e. The standard InChI is InChI=1S/C21H24O/c1-20(2,3)18-10-9-15-16-12-14(22)8-7-13(16)11-17(15)19(18)21(4,5)6/h7-12H,1-6H3. The van der Waals surface area contributed by atoms with Crippen LogP contribution in [0.5, 0.6) is 0 Å². The molecule has 114 valence electrons. The topological polar surface area (TPSA) is 17.1 Å². The minimum absolute atomic E-state index is 0.0623. The zero-order valence-electron chi connectivity index (χ0n) is 14.4. The van der Waals surface area contributed by atoms with Crippen molar-refractivity contribution in [3.8, 4) is 0 Å². The van der Waals surface area contributed by atoms with Crippen molar-refractivity contribution in [2.45, 2.75) is 52.4 Å². The Morgan fingerprint density at radius 3 is 2.09 bits per heavy atom. The SMILES string of the molecule is CC(C)(C)c1ccc2c(c1C(C)(C)C)C=C1C=CC(=O)C=C12. The Balaban J connectivity index is 2.34. The van der Waals surface area contributed by atoms with Gasteiger partial charge in [0.15, 0.2) is 5.78 Å². The Hall–Kier alpha value is -1.89. The van der Waals surface area contributed by atoms with Gasteiger partial charge in [0.05, 0.1) is 0 Å². The van der Waals surface area contributed by atoms with Gasteiger partial charge in [-0.1, -0.05) is 59.8 Å². The number of ketones is 1. The first-order chi connectivity index (χ1) is 10.1. The van der Waals surface area contributed by atoms with Crippen LogP contribution in [0.1, 0.15) is 63.8 Å². The molecule has 0 N–H and O–H groups in total. The van der Waals surface area contributed by atoms with Crippen LogP contribution in [0.4, 0.5) is 0 Å². The van der Waals surface area contributed by atoms with E-state index in [4.69, 9.17) is 0 Å². The fraction of sp³-hybridized carbons (Fsp3) is 0.381. The lowest BCUT2D eigenvalue weighted by atomic mass is 9.72. The van der Waals surface area contributed by atoms with Crippen molar-refractivity contribution < 1.29 is 4.79 Å². The van der Waals surface area contributed by atoms with Gasteiger partial charge in [0, 0.05) is 0 Å². The summed E-state index contributed by atoms with van der Waals surface area (Å²) in [5, 5.41) is 0. The van der Waals surface area contributed by atoms with Crippen LogP contribution >= 0.6 is 0 Å². The van der Waals surface area contributed by atoms with Crippen molar-refractivity contribution in [2.24, 2.45) is 0 Å². The van der Waals surface area contributed by atoms with E-state index in [1.165, 1.54) is 22.3 Å². The van der Waals surface area contributed by atoms with E-state index in [1.807, 2.05) is 6.08 Å². The zero-order valence-corrected chi connectivity index (χ0v) is 14.4. The summed E-state index contributed by atoms with van der Waals surface area (Å²) in [6.45, 7) is 13.6. The molecule has 0 fully saturated rings. The summed E-state index contributed by atoms with van der Waals surface area (Å²) in [5.74, 6) is 0.0807. The number of carbonyl (C=O) groups is 1. The van der Waals surface area contributed by atoms with Gasteiger partial charge >= 0.3 is 0 Å². The Kier molecular flexibility index (Phi) is 3.11. The van der Waals surface area contributed by atoms with Crippen molar-refractivity contribution >= 4 is 17.4 Å². The quantitative estimate of drug-likeness (QED) is 0.642. The van der Waals surface area contributed by atoms with Gasteiger partial charge in [-0.05, 0) is 62.5 Å². The highest BCUT2D eigenvalue weighted by Gasteiger charge is 2.32. The van der Waals surface area contributed by atoms with Crippen molar-refractivity contribution in [1.82, 2.24) is 0 Å². The molecule has 2 aliphatic carbocycles. The zero-order chi connectivity index (χ0) is 16.3. The lowest BCUT2D eigenvalue weighted by Gasteiger charge is -2.32. The van der Waals surface area contributed by atoms with Crippen LogP contribution in [0.2, 0.25) is 0 Å². The molecule has 0 saturated heterocycles. The van der Waals surface area contributed by atoms with Crippen LogP contribution in [0.15, 0.2) is 35.9 Å². The van der Waals surface area contributed by atoms with Crippen molar-refractivity contribution in [2.75, 3.05) is 0 Å². The van der Waals surface area contributed by atoms with E-state index < -0.39 is 0 Å². The van der Waals surface area contributed by atoms with Crippen molar-refractivity contribution in [1.29, 1.82) is 0 Å². The average Bonchev–Trinajstić information content (AvgIpc) is 2.73. The first-order valence-electron chi connectivity index (χ1n) is 7.93. The summed E-state index contributed by atoms with van der Waals surface area (Å²) in [6, 6.07) is 4.44. The van der Waals surface area contributed by atoms with Crippen LogP contribution in [0, 0.1) is 0 Å². The van der Waals surface area contributed by atoms with Crippen LogP contribution < -0.4 is 0 Å². The van der Waals surface area contributed by atoms with Gasteiger partial charge in [0.25, 0.3) is 0 Å². The van der Waals surface area contributed by atoms with Gasteiger partial charge in [-0.3, -0.25) is 4.79 Å². The first kappa shape index (κ1) is 15.0. The van der Waals surface area contributed by atoms with E-state index >= 15 is 0 Å². The van der Waals surface area contributed by atoms with E-state index in [2.05, 4.69) is 59.8 Å². The first-order valence-corrected chi connectivity index (χ1v) is 7.93. The number of fused-ring (bicyclic) bond motifs is 3. The number of allylic oxidation sites excluding steroid dienone is 5. The normalized spacial score (nSPS) is 17.1. The van der Waals surface area contributed by atoms with E-state index in [-0.39, 0.29) is 16.6 Å². The molecule has 0 aliphatic heterocycles. The molecule has 1 aromatic rings. The van der Waals surface area contributed by atoms with E-state index in [0.29, 0.717) is 0 Å². The van der Waals surface area contributed by atoms with Gasteiger partial charge in [-0.25, -0.2) is 0 Å². The third-order valence-corrected chi connectivity index (χ3v) is 4.42. The molecule has 1 aromatic carbocycles. The van der Waals surface area contributed by atoms with Crippen molar-refractivity contribution in [3.05, 3.63) is 58.2 Å². The molecule has 1 nitrogen and oxygen atoms in total. The molecule has 22 heavy (non-hydrogen) atoms. The third-order valence-electron chi connectivity index (χ3n) is 4.42. The summed E-state index contributed by atoms with van der Waals surface area (Å²) in [4.78, 5) is 11.7. The minimum Gasteiger partial charge on any atom is -0.290 e. The average molecular weight is 292 g/mol. The molecular weight excluding hydrogens is 268 g/mol. The second-order valence-electron chi connectivity index (χ2n) is 8.34. The summed E-state index contributed by atoms with van der Waals surface area (Å²) < 4.78 is 0. The van der Waals surface area contributed by atoms with Crippen LogP contribution in [-0.2, 0) is 15.6 Å². The molecule has 0 unspecified atom stereocenters. The minimum atomic E-state index is 0.0623. The number of rotatable bonds is 0. The Bertz CT molecular complexity index is 756. The second kappa shape index (κ2) is 4.55. The molecule has 0 amide bonds. The molecule has 0 heterocycles. The predicted molar refractivity (Wildman–Crippen MR) is 93.9 cm³/mol. The van der Waals surface area contributed by atoms with Crippen LogP contribution in [0.25, 0.3) is 11.6 Å². The number of hydrogen-bond donors (Lipinski definition) is 0. The van der Waals surface area contributed by atoms with Crippen molar-refractivity contribution in [3.63, 3.8) is 0 Å². The Morgan fingerprint density at radius 1 is 0.818 bits per heavy atom. The Labute approximate surface area is 133 Å². The van der Waals surface area contributed by atoms with Crippen LogP contribution in [-0.4, -0.2) is 5.78 Å². The predicted octanol–water partition coefficient (Wildman–Crippen LogP) is 5.20. The molecule has 0 spiro atoms. The van der Waals surface area contributed by atoms with E-state index in [9.17, 15) is 4.79 Å². The summed E-state index contributed by atoms with van der Waals surface area (Å²) in [5.41, 5.74) is 7.69. The lowest BCUT2D eigenvalue weighted by Crippen LogP contribution is -2.23. The molecule has 0 atom stereocenters. The highest BCUT2D eigenvalue weighted by Crippen LogP contribution is 2.45. The number of carbonyl (C=O) groups excluding carboxylic acids is 1. The summed E-state index contributed by atoms with van der Waals surface area (Å²) in [7, 11) is 0. The Morgan fingerprint density at radius 2 is 1.50 bits per heavy atom. The molecule has 2 aliphatic rings. The fourth-order valence-electron chi connectivity index (χ4n) is 3.49. The highest BCUT2D eigenvalue weighted by molar-refractivity contribution is 6.14. The smallest absolute Gasteiger partial charge is 0.179 e. The van der Waals surface area contributed by atoms with Gasteiger partial charge in [-0.2, -0.15) is 0 Å².